The Bertz CT molecular complexity index is 1690. The lowest BCUT2D eigenvalue weighted by atomic mass is 10.0. The van der Waals surface area contributed by atoms with Crippen LogP contribution in [0.2, 0.25) is 0 Å². The molecular weight excluding hydrogens is 976 g/mol. The average molecular weight is 1090 g/mol. The number of aliphatic hydroxyl groups excluding tert-OH is 2. The van der Waals surface area contributed by atoms with Gasteiger partial charge in [-0.1, -0.05) is 238 Å². The molecule has 0 fully saturated rings. The zero-order valence-electron chi connectivity index (χ0n) is 50.0. The SMILES string of the molecule is C/C=C/CC/C=C/CC/C=C/CCCC(O)C(O)C(COP(=O)(O)OCC[N+](C)(C)C)NC(=O)CCCCCCCCCCCCCCCCCCCCC/C=C\C/C=C\C/C=C\C/C=C\C/C=C\C/C=C\C/C=C\CC. The Morgan fingerprint density at radius 1 is 0.481 bits per heavy atom. The first kappa shape index (κ1) is 73.9. The smallest absolute Gasteiger partial charge is 0.390 e. The van der Waals surface area contributed by atoms with Crippen LogP contribution in [0.4, 0.5) is 0 Å². The van der Waals surface area contributed by atoms with Crippen LogP contribution >= 0.6 is 7.82 Å². The Labute approximate surface area is 474 Å². The summed E-state index contributed by atoms with van der Waals surface area (Å²) in [6.45, 7) is 4.24. The van der Waals surface area contributed by atoms with Crippen molar-refractivity contribution >= 4 is 13.7 Å². The van der Waals surface area contributed by atoms with E-state index in [1.165, 1.54) is 103 Å². The molecule has 0 heterocycles. The molecule has 0 aliphatic heterocycles. The molecule has 0 radical (unpaired) electrons. The van der Waals surface area contributed by atoms with Crippen LogP contribution in [0.15, 0.2) is 122 Å². The summed E-state index contributed by atoms with van der Waals surface area (Å²) in [5.74, 6) is -0.277. The maximum atomic E-state index is 13.0. The Morgan fingerprint density at radius 3 is 1.25 bits per heavy atom. The summed E-state index contributed by atoms with van der Waals surface area (Å²) >= 11 is 0. The van der Waals surface area contributed by atoms with E-state index in [1.807, 2.05) is 28.1 Å². The van der Waals surface area contributed by atoms with Crippen molar-refractivity contribution in [2.75, 3.05) is 40.9 Å². The molecule has 442 valence electrons. The highest BCUT2D eigenvalue weighted by molar-refractivity contribution is 7.47. The van der Waals surface area contributed by atoms with Crippen LogP contribution in [0.5, 0.6) is 0 Å². The summed E-state index contributed by atoms with van der Waals surface area (Å²) in [5.41, 5.74) is 0. The van der Waals surface area contributed by atoms with Gasteiger partial charge in [0, 0.05) is 6.42 Å². The fraction of sp³-hybridized carbons (Fsp3) is 0.687. The highest BCUT2D eigenvalue weighted by Gasteiger charge is 2.32. The fourth-order valence-electron chi connectivity index (χ4n) is 8.52. The predicted molar refractivity (Wildman–Crippen MR) is 333 cm³/mol. The number of carbonyl (C=O) groups excluding carboxylic acids is 1. The highest BCUT2D eigenvalue weighted by Crippen LogP contribution is 2.43. The molecule has 0 aromatic carbocycles. The Kier molecular flexibility index (Phi) is 53.9. The third-order valence-corrected chi connectivity index (χ3v) is 14.3. The van der Waals surface area contributed by atoms with Crippen LogP contribution in [0.25, 0.3) is 0 Å². The van der Waals surface area contributed by atoms with E-state index >= 15 is 0 Å². The number of carbonyl (C=O) groups is 1. The molecule has 10 heteroatoms. The van der Waals surface area contributed by atoms with Gasteiger partial charge in [0.2, 0.25) is 5.91 Å². The molecule has 0 aliphatic carbocycles. The van der Waals surface area contributed by atoms with Crippen LogP contribution in [-0.2, 0) is 18.4 Å². The number of phosphoric ester groups is 1. The Balaban J connectivity index is 4.01. The predicted octanol–water partition coefficient (Wildman–Crippen LogP) is 18.3. The number of hydrogen-bond acceptors (Lipinski definition) is 6. The van der Waals surface area contributed by atoms with E-state index in [9.17, 15) is 24.5 Å². The number of allylic oxidation sites excluding steroid dienone is 20. The average Bonchev–Trinajstić information content (AvgIpc) is 3.39. The second-order valence-corrected chi connectivity index (χ2v) is 23.3. The minimum absolute atomic E-state index is 0.00872. The number of quaternary nitrogens is 1. The van der Waals surface area contributed by atoms with Gasteiger partial charge >= 0.3 is 7.82 Å². The number of rotatable bonds is 55. The highest BCUT2D eigenvalue weighted by atomic mass is 31.2. The van der Waals surface area contributed by atoms with Crippen molar-refractivity contribution in [1.82, 2.24) is 5.32 Å². The summed E-state index contributed by atoms with van der Waals surface area (Å²) in [6, 6.07) is -1.06. The fourth-order valence-corrected chi connectivity index (χ4v) is 9.25. The van der Waals surface area contributed by atoms with Crippen molar-refractivity contribution in [3.63, 3.8) is 0 Å². The molecule has 0 aliphatic rings. The molecule has 0 saturated carbocycles. The molecule has 77 heavy (non-hydrogen) atoms. The number of nitrogens with one attached hydrogen (secondary N) is 1. The number of unbranched alkanes of at least 4 members (excludes halogenated alkanes) is 22. The minimum atomic E-state index is -4.44. The third-order valence-electron chi connectivity index (χ3n) is 13.3. The lowest BCUT2D eigenvalue weighted by Gasteiger charge is -2.28. The molecule has 0 aromatic rings. The minimum Gasteiger partial charge on any atom is -0.390 e. The first-order valence-electron chi connectivity index (χ1n) is 31.0. The number of phosphoric acid groups is 1. The van der Waals surface area contributed by atoms with Crippen molar-refractivity contribution < 1.29 is 38.0 Å². The van der Waals surface area contributed by atoms with Crippen molar-refractivity contribution in [2.24, 2.45) is 0 Å². The molecule has 0 spiro atoms. The van der Waals surface area contributed by atoms with E-state index in [4.69, 9.17) is 9.05 Å². The van der Waals surface area contributed by atoms with E-state index in [2.05, 4.69) is 134 Å². The van der Waals surface area contributed by atoms with Gasteiger partial charge in [0.25, 0.3) is 0 Å². The second-order valence-electron chi connectivity index (χ2n) is 21.8. The largest absolute Gasteiger partial charge is 0.472 e. The van der Waals surface area contributed by atoms with Gasteiger partial charge in [0.15, 0.2) is 0 Å². The topological polar surface area (TPSA) is 125 Å². The van der Waals surface area contributed by atoms with Gasteiger partial charge in [-0.15, -0.1) is 0 Å². The molecule has 0 bridgehead atoms. The van der Waals surface area contributed by atoms with Gasteiger partial charge < -0.3 is 24.9 Å². The number of hydrogen-bond donors (Lipinski definition) is 4. The molecular formula is C67H118N2O7P+. The van der Waals surface area contributed by atoms with Gasteiger partial charge in [0.05, 0.1) is 39.9 Å². The van der Waals surface area contributed by atoms with Crippen molar-refractivity contribution in [3.8, 4) is 0 Å². The van der Waals surface area contributed by atoms with Crippen molar-refractivity contribution in [2.45, 2.75) is 257 Å². The van der Waals surface area contributed by atoms with E-state index < -0.39 is 32.7 Å². The van der Waals surface area contributed by atoms with E-state index in [0.717, 1.165) is 96.3 Å². The summed E-state index contributed by atoms with van der Waals surface area (Å²) < 4.78 is 23.6. The van der Waals surface area contributed by atoms with Crippen molar-refractivity contribution in [3.05, 3.63) is 122 Å². The third kappa shape index (κ3) is 57.4. The van der Waals surface area contributed by atoms with Crippen molar-refractivity contribution in [1.29, 1.82) is 0 Å². The zero-order valence-corrected chi connectivity index (χ0v) is 50.9. The molecule has 4 atom stereocenters. The molecule has 0 rings (SSSR count). The first-order chi connectivity index (χ1) is 37.4. The second kappa shape index (κ2) is 56.1. The number of aliphatic hydroxyl groups is 2. The van der Waals surface area contributed by atoms with Crippen LogP contribution in [0, 0.1) is 0 Å². The van der Waals surface area contributed by atoms with Crippen LogP contribution < -0.4 is 5.32 Å². The monoisotopic (exact) mass is 1090 g/mol. The summed E-state index contributed by atoms with van der Waals surface area (Å²) in [6.07, 6.45) is 80.5. The van der Waals surface area contributed by atoms with Gasteiger partial charge in [0.1, 0.15) is 19.3 Å². The Morgan fingerprint density at radius 2 is 0.831 bits per heavy atom. The van der Waals surface area contributed by atoms with Crippen LogP contribution in [0.1, 0.15) is 239 Å². The van der Waals surface area contributed by atoms with E-state index in [0.29, 0.717) is 30.3 Å². The van der Waals surface area contributed by atoms with Gasteiger partial charge in [-0.25, -0.2) is 4.57 Å². The molecule has 0 saturated heterocycles. The lowest BCUT2D eigenvalue weighted by Crippen LogP contribution is -2.51. The maximum absolute atomic E-state index is 13.0. The van der Waals surface area contributed by atoms with E-state index in [-0.39, 0.29) is 18.9 Å². The number of nitrogens with zero attached hydrogens (tertiary/aromatic N) is 1. The van der Waals surface area contributed by atoms with Crippen LogP contribution in [0.3, 0.4) is 0 Å². The van der Waals surface area contributed by atoms with Crippen LogP contribution in [-0.4, -0.2) is 84.6 Å². The molecule has 4 unspecified atom stereocenters. The molecule has 4 N–H and O–H groups in total. The normalized spacial score (nSPS) is 15.1. The first-order valence-corrected chi connectivity index (χ1v) is 32.4. The number of likely N-dealkylation sites (N-methyl/N-ethyl adjacent to an activating group) is 1. The summed E-state index contributed by atoms with van der Waals surface area (Å²) in [4.78, 5) is 23.3. The molecule has 9 nitrogen and oxygen atoms in total. The number of amides is 1. The standard InChI is InChI=1S/C67H117N2O7P/c1-6-8-10-12-14-16-18-20-21-22-23-24-25-26-27-28-29-30-31-32-33-34-35-36-37-38-39-40-41-42-43-44-45-46-47-48-50-52-54-56-58-60-66(71)68-64(63-76-77(73,74)75-62-61-69(3,4)5)67(72)65(70)59-57-55-53-51-49-19-17-15-13-11-9-7-2/h7-10,14-17,20-21,23-24,26-27,29-30,32-33,51,53,64-65,67,70,72H,6,11-13,18-19,22,25,28,31,34-50,52,54-63H2,1-5H3,(H-,68,71,73,74)/p+1/b9-7+,10-8-,16-14-,17-15+,21-20-,24-23-,27-26-,30-29-,33-32-,53-51+. The maximum Gasteiger partial charge on any atom is 0.472 e. The quantitative estimate of drug-likeness (QED) is 0.0207. The van der Waals surface area contributed by atoms with Gasteiger partial charge in [-0.05, 0) is 116 Å². The molecule has 0 aromatic heterocycles. The zero-order chi connectivity index (χ0) is 56.4. The van der Waals surface area contributed by atoms with Gasteiger partial charge in [-0.2, -0.15) is 0 Å². The Hall–Kier alpha value is -3.14. The van der Waals surface area contributed by atoms with E-state index in [1.54, 1.807) is 0 Å². The lowest BCUT2D eigenvalue weighted by molar-refractivity contribution is -0.870. The summed E-state index contributed by atoms with van der Waals surface area (Å²) in [7, 11) is 1.40. The molecule has 1 amide bonds. The van der Waals surface area contributed by atoms with Gasteiger partial charge in [-0.3, -0.25) is 13.8 Å². The summed E-state index contributed by atoms with van der Waals surface area (Å²) in [5, 5.41) is 24.8.